The van der Waals surface area contributed by atoms with Gasteiger partial charge in [-0.25, -0.2) is 4.79 Å². The van der Waals surface area contributed by atoms with Gasteiger partial charge in [-0.05, 0) is 42.8 Å². The number of alkyl carbamates (subject to hydrolysis) is 1. The van der Waals surface area contributed by atoms with E-state index in [-0.39, 0.29) is 6.04 Å². The molecule has 0 saturated carbocycles. The summed E-state index contributed by atoms with van der Waals surface area (Å²) in [6.07, 6.45) is -0.427. The predicted molar refractivity (Wildman–Crippen MR) is 71.7 cm³/mol. The molecule has 0 saturated heterocycles. The number of carbonyl (C=O) groups excluding carboxylic acids is 1. The quantitative estimate of drug-likeness (QED) is 0.864. The Bertz CT molecular complexity index is 468. The Kier molecular flexibility index (Phi) is 3.52. The van der Waals surface area contributed by atoms with Gasteiger partial charge in [0.1, 0.15) is 18.0 Å². The summed E-state index contributed by atoms with van der Waals surface area (Å²) in [6.45, 7) is 5.93. The number of fused-ring (bicyclic) bond motifs is 1. The molecule has 4 nitrogen and oxygen atoms in total. The first-order valence-electron chi connectivity index (χ1n) is 5.77. The zero-order valence-electron chi connectivity index (χ0n) is 10.6. The minimum absolute atomic E-state index is 0.160. The number of ether oxygens (including phenoxy) is 2. The van der Waals surface area contributed by atoms with Gasteiger partial charge in [0, 0.05) is 5.56 Å². The molecule has 1 aliphatic rings. The highest BCUT2D eigenvalue weighted by molar-refractivity contribution is 9.10. The van der Waals surface area contributed by atoms with E-state index in [0.29, 0.717) is 6.61 Å². The van der Waals surface area contributed by atoms with E-state index in [9.17, 15) is 4.79 Å². The highest BCUT2D eigenvalue weighted by Crippen LogP contribution is 2.38. The van der Waals surface area contributed by atoms with Crippen LogP contribution >= 0.6 is 15.9 Å². The van der Waals surface area contributed by atoms with Crippen molar-refractivity contribution in [2.24, 2.45) is 0 Å². The van der Waals surface area contributed by atoms with E-state index < -0.39 is 11.7 Å². The third kappa shape index (κ3) is 2.96. The van der Waals surface area contributed by atoms with E-state index in [1.165, 1.54) is 0 Å². The number of hydrogen-bond acceptors (Lipinski definition) is 3. The second-order valence-electron chi connectivity index (χ2n) is 5.17. The number of nitrogens with one attached hydrogen (secondary N) is 1. The minimum Gasteiger partial charge on any atom is -0.490 e. The van der Waals surface area contributed by atoms with Gasteiger partial charge in [0.25, 0.3) is 0 Å². The fraction of sp³-hybridized carbons (Fsp3) is 0.462. The summed E-state index contributed by atoms with van der Waals surface area (Å²) in [7, 11) is 0. The average Bonchev–Trinajstić information content (AvgIpc) is 2.60. The Labute approximate surface area is 115 Å². The van der Waals surface area contributed by atoms with Crippen molar-refractivity contribution in [2.45, 2.75) is 32.4 Å². The fourth-order valence-corrected chi connectivity index (χ4v) is 2.27. The van der Waals surface area contributed by atoms with Crippen molar-refractivity contribution >= 4 is 22.0 Å². The molecule has 98 valence electrons. The van der Waals surface area contributed by atoms with Crippen LogP contribution in [0.4, 0.5) is 4.79 Å². The average molecular weight is 314 g/mol. The third-order valence-corrected chi connectivity index (χ3v) is 3.08. The van der Waals surface area contributed by atoms with Crippen molar-refractivity contribution in [2.75, 3.05) is 6.61 Å². The van der Waals surface area contributed by atoms with Gasteiger partial charge in [0.05, 0.1) is 10.5 Å². The van der Waals surface area contributed by atoms with Gasteiger partial charge in [-0.2, -0.15) is 0 Å². The van der Waals surface area contributed by atoms with Crippen LogP contribution in [0.25, 0.3) is 0 Å². The van der Waals surface area contributed by atoms with Crippen LogP contribution in [0.2, 0.25) is 0 Å². The van der Waals surface area contributed by atoms with Gasteiger partial charge in [-0.1, -0.05) is 12.1 Å². The Morgan fingerprint density at radius 1 is 1.50 bits per heavy atom. The van der Waals surface area contributed by atoms with Crippen LogP contribution in [0.1, 0.15) is 32.4 Å². The molecule has 18 heavy (non-hydrogen) atoms. The molecule has 2 rings (SSSR count). The van der Waals surface area contributed by atoms with Crippen molar-refractivity contribution in [1.82, 2.24) is 5.32 Å². The molecule has 0 aromatic heterocycles. The number of halogens is 1. The van der Waals surface area contributed by atoms with Crippen LogP contribution in [0, 0.1) is 0 Å². The Hall–Kier alpha value is -1.23. The van der Waals surface area contributed by atoms with Crippen LogP contribution in [0.15, 0.2) is 22.7 Å². The van der Waals surface area contributed by atoms with E-state index >= 15 is 0 Å². The summed E-state index contributed by atoms with van der Waals surface area (Å²) in [4.78, 5) is 11.7. The molecule has 0 bridgehead atoms. The molecular formula is C13H16BrNO3. The fourth-order valence-electron chi connectivity index (χ4n) is 1.78. The summed E-state index contributed by atoms with van der Waals surface area (Å²) in [6, 6.07) is 5.61. The van der Waals surface area contributed by atoms with Crippen molar-refractivity contribution in [3.63, 3.8) is 0 Å². The highest BCUT2D eigenvalue weighted by atomic mass is 79.9. The van der Waals surface area contributed by atoms with Gasteiger partial charge in [0.2, 0.25) is 0 Å². The molecule has 1 amide bonds. The van der Waals surface area contributed by atoms with Crippen LogP contribution in [-0.4, -0.2) is 18.3 Å². The third-order valence-electron chi connectivity index (χ3n) is 2.46. The molecule has 1 atom stereocenters. The number of rotatable bonds is 1. The summed E-state index contributed by atoms with van der Waals surface area (Å²) in [5, 5.41) is 2.81. The molecule has 0 spiro atoms. The van der Waals surface area contributed by atoms with E-state index in [4.69, 9.17) is 9.47 Å². The van der Waals surface area contributed by atoms with Gasteiger partial charge in [-0.15, -0.1) is 0 Å². The van der Waals surface area contributed by atoms with Gasteiger partial charge >= 0.3 is 6.09 Å². The maximum absolute atomic E-state index is 11.7. The van der Waals surface area contributed by atoms with Crippen molar-refractivity contribution in [3.8, 4) is 5.75 Å². The first-order valence-corrected chi connectivity index (χ1v) is 6.57. The second-order valence-corrected chi connectivity index (χ2v) is 6.02. The summed E-state index contributed by atoms with van der Waals surface area (Å²) in [5.41, 5.74) is 0.471. The standard InChI is InChI=1S/C13H16BrNO3/c1-13(2,3)18-12(16)15-10-7-17-11-8(10)5-4-6-9(11)14/h4-6,10H,7H2,1-3H3,(H,15,16)/t10-/m0/s1. The molecule has 1 heterocycles. The highest BCUT2D eigenvalue weighted by Gasteiger charge is 2.28. The monoisotopic (exact) mass is 313 g/mol. The van der Waals surface area contributed by atoms with Gasteiger partial charge < -0.3 is 14.8 Å². The topological polar surface area (TPSA) is 47.6 Å². The number of benzene rings is 1. The molecule has 0 unspecified atom stereocenters. The molecular weight excluding hydrogens is 298 g/mol. The van der Waals surface area contributed by atoms with Crippen LogP contribution in [-0.2, 0) is 4.74 Å². The lowest BCUT2D eigenvalue weighted by molar-refractivity contribution is 0.0497. The minimum atomic E-state index is -0.496. The van der Waals surface area contributed by atoms with E-state index in [0.717, 1.165) is 15.8 Å². The smallest absolute Gasteiger partial charge is 0.408 e. The number of hydrogen-bond donors (Lipinski definition) is 1. The van der Waals surface area contributed by atoms with Crippen LogP contribution < -0.4 is 10.1 Å². The summed E-state index contributed by atoms with van der Waals surface area (Å²) in [5.74, 6) is 0.790. The Morgan fingerprint density at radius 3 is 2.89 bits per heavy atom. The Balaban J connectivity index is 2.06. The molecule has 1 aliphatic heterocycles. The van der Waals surface area contributed by atoms with Crippen molar-refractivity contribution in [1.29, 1.82) is 0 Å². The zero-order chi connectivity index (χ0) is 13.3. The largest absolute Gasteiger partial charge is 0.490 e. The lowest BCUT2D eigenvalue weighted by Gasteiger charge is -2.21. The van der Waals surface area contributed by atoms with Crippen molar-refractivity contribution in [3.05, 3.63) is 28.2 Å². The Morgan fingerprint density at radius 2 is 2.22 bits per heavy atom. The molecule has 1 aromatic carbocycles. The van der Waals surface area contributed by atoms with E-state index in [1.54, 1.807) is 0 Å². The maximum atomic E-state index is 11.7. The second kappa shape index (κ2) is 4.80. The molecule has 0 aliphatic carbocycles. The number of para-hydroxylation sites is 1. The molecule has 1 aromatic rings. The SMILES string of the molecule is CC(C)(C)OC(=O)N[C@H]1COc2c(Br)cccc21. The van der Waals surface area contributed by atoms with Gasteiger partial charge in [-0.3, -0.25) is 0 Å². The maximum Gasteiger partial charge on any atom is 0.408 e. The van der Waals surface area contributed by atoms with Gasteiger partial charge in [0.15, 0.2) is 0 Å². The normalized spacial score (nSPS) is 17.9. The van der Waals surface area contributed by atoms with Crippen LogP contribution in [0.3, 0.4) is 0 Å². The first-order chi connectivity index (χ1) is 8.37. The number of amides is 1. The number of carbonyl (C=O) groups is 1. The summed E-state index contributed by atoms with van der Waals surface area (Å²) < 4.78 is 11.7. The molecule has 1 N–H and O–H groups in total. The zero-order valence-corrected chi connectivity index (χ0v) is 12.2. The first kappa shape index (κ1) is 13.2. The van der Waals surface area contributed by atoms with Crippen molar-refractivity contribution < 1.29 is 14.3 Å². The molecule has 0 fully saturated rings. The predicted octanol–water partition coefficient (Wildman–Crippen LogP) is 3.41. The summed E-state index contributed by atoms with van der Waals surface area (Å²) >= 11 is 3.42. The molecule has 5 heteroatoms. The van der Waals surface area contributed by atoms with Crippen LogP contribution in [0.5, 0.6) is 5.75 Å². The molecule has 0 radical (unpaired) electrons. The van der Waals surface area contributed by atoms with E-state index in [1.807, 2.05) is 39.0 Å². The lowest BCUT2D eigenvalue weighted by atomic mass is 10.1. The lowest BCUT2D eigenvalue weighted by Crippen LogP contribution is -2.35. The van der Waals surface area contributed by atoms with E-state index in [2.05, 4.69) is 21.2 Å².